The minimum atomic E-state index is -1.47. The maximum atomic E-state index is 13.3. The second kappa shape index (κ2) is 5.86. The molecule has 0 heterocycles. The van der Waals surface area contributed by atoms with Gasteiger partial charge in [-0.05, 0) is 25.5 Å². The lowest BCUT2D eigenvalue weighted by molar-refractivity contribution is 0.431. The molecule has 1 aromatic rings. The van der Waals surface area contributed by atoms with E-state index in [2.05, 4.69) is 0 Å². The van der Waals surface area contributed by atoms with Crippen LogP contribution in [-0.4, -0.2) is 6.54 Å². The van der Waals surface area contributed by atoms with Gasteiger partial charge in [0.25, 0.3) is 0 Å². The Labute approximate surface area is 92.4 Å². The molecule has 0 aliphatic carbocycles. The average molecular weight is 232 g/mol. The van der Waals surface area contributed by atoms with Gasteiger partial charge < -0.3 is 11.5 Å². The number of rotatable bonds is 5. The predicted molar refractivity (Wildman–Crippen MR) is 56.1 cm³/mol. The second-order valence-corrected chi connectivity index (χ2v) is 3.66. The zero-order valence-electron chi connectivity index (χ0n) is 8.85. The average Bonchev–Trinajstić information content (AvgIpc) is 2.26. The molecule has 90 valence electrons. The highest BCUT2D eigenvalue weighted by Crippen LogP contribution is 2.23. The van der Waals surface area contributed by atoms with E-state index >= 15 is 0 Å². The molecule has 1 atom stereocenters. The maximum Gasteiger partial charge on any atom is 0.194 e. The van der Waals surface area contributed by atoms with Crippen LogP contribution in [0.1, 0.15) is 30.9 Å². The van der Waals surface area contributed by atoms with Gasteiger partial charge in [0, 0.05) is 11.6 Å². The molecule has 4 N–H and O–H groups in total. The van der Waals surface area contributed by atoms with Crippen molar-refractivity contribution in [2.24, 2.45) is 11.5 Å². The molecule has 1 rings (SSSR count). The van der Waals surface area contributed by atoms with Gasteiger partial charge in [-0.3, -0.25) is 0 Å². The Morgan fingerprint density at radius 2 is 1.75 bits per heavy atom. The van der Waals surface area contributed by atoms with Gasteiger partial charge in [-0.2, -0.15) is 0 Å². The van der Waals surface area contributed by atoms with Crippen LogP contribution < -0.4 is 11.5 Å². The summed E-state index contributed by atoms with van der Waals surface area (Å²) in [5.41, 5.74) is 11.0. The molecular formula is C11H15F3N2. The van der Waals surface area contributed by atoms with E-state index in [0.717, 1.165) is 18.9 Å². The lowest BCUT2D eigenvalue weighted by atomic mass is 10.0. The first kappa shape index (κ1) is 13.0. The fourth-order valence-electron chi connectivity index (χ4n) is 1.49. The Kier molecular flexibility index (Phi) is 4.76. The third-order valence-corrected chi connectivity index (χ3v) is 2.43. The first-order chi connectivity index (χ1) is 7.57. The van der Waals surface area contributed by atoms with E-state index in [1.54, 1.807) is 0 Å². The van der Waals surface area contributed by atoms with Gasteiger partial charge in [-0.1, -0.05) is 12.5 Å². The Balaban J connectivity index is 2.76. The fourth-order valence-corrected chi connectivity index (χ4v) is 1.49. The lowest BCUT2D eigenvalue weighted by Gasteiger charge is -2.13. The Bertz CT molecular complexity index is 355. The van der Waals surface area contributed by atoms with Gasteiger partial charge in [-0.15, -0.1) is 0 Å². The molecule has 0 saturated heterocycles. The van der Waals surface area contributed by atoms with Crippen LogP contribution in [0, 0.1) is 17.5 Å². The van der Waals surface area contributed by atoms with Gasteiger partial charge in [0.15, 0.2) is 17.5 Å². The Morgan fingerprint density at radius 3 is 2.38 bits per heavy atom. The van der Waals surface area contributed by atoms with E-state index < -0.39 is 23.5 Å². The SMILES string of the molecule is NCCCC[C@H](N)c1ccc(F)c(F)c1F. The van der Waals surface area contributed by atoms with Gasteiger partial charge in [-0.25, -0.2) is 13.2 Å². The summed E-state index contributed by atoms with van der Waals surface area (Å²) < 4.78 is 38.9. The molecule has 0 unspecified atom stereocenters. The number of hydrogen-bond donors (Lipinski definition) is 2. The normalized spacial score (nSPS) is 12.8. The van der Waals surface area contributed by atoms with E-state index in [1.165, 1.54) is 6.07 Å². The number of halogens is 3. The lowest BCUT2D eigenvalue weighted by Crippen LogP contribution is -2.14. The van der Waals surface area contributed by atoms with E-state index in [1.807, 2.05) is 0 Å². The molecule has 16 heavy (non-hydrogen) atoms. The molecule has 0 spiro atoms. The van der Waals surface area contributed by atoms with Crippen molar-refractivity contribution in [2.75, 3.05) is 6.54 Å². The third-order valence-electron chi connectivity index (χ3n) is 2.43. The molecule has 0 bridgehead atoms. The first-order valence-corrected chi connectivity index (χ1v) is 5.17. The van der Waals surface area contributed by atoms with Crippen molar-refractivity contribution in [3.63, 3.8) is 0 Å². The Morgan fingerprint density at radius 1 is 1.06 bits per heavy atom. The van der Waals surface area contributed by atoms with Crippen molar-refractivity contribution in [2.45, 2.75) is 25.3 Å². The Hall–Kier alpha value is -1.07. The molecule has 2 nitrogen and oxygen atoms in total. The standard InChI is InChI=1S/C11H15F3N2/c12-8-5-4-7(10(13)11(8)14)9(16)3-1-2-6-15/h4-5,9H,1-3,6,15-16H2/t9-/m0/s1. The molecule has 0 aromatic heterocycles. The van der Waals surface area contributed by atoms with Crippen LogP contribution in [0.4, 0.5) is 13.2 Å². The van der Waals surface area contributed by atoms with Crippen molar-refractivity contribution < 1.29 is 13.2 Å². The summed E-state index contributed by atoms with van der Waals surface area (Å²) in [7, 11) is 0. The quantitative estimate of drug-likeness (QED) is 0.604. The topological polar surface area (TPSA) is 52.0 Å². The molecule has 0 radical (unpaired) electrons. The van der Waals surface area contributed by atoms with Crippen molar-refractivity contribution in [3.8, 4) is 0 Å². The van der Waals surface area contributed by atoms with E-state index in [4.69, 9.17) is 11.5 Å². The van der Waals surface area contributed by atoms with Crippen LogP contribution in [0.5, 0.6) is 0 Å². The van der Waals surface area contributed by atoms with Gasteiger partial charge >= 0.3 is 0 Å². The summed E-state index contributed by atoms with van der Waals surface area (Å²) in [5, 5.41) is 0. The molecule has 0 amide bonds. The summed E-state index contributed by atoms with van der Waals surface area (Å²) >= 11 is 0. The first-order valence-electron chi connectivity index (χ1n) is 5.17. The highest BCUT2D eigenvalue weighted by atomic mass is 19.2. The number of unbranched alkanes of at least 4 members (excludes halogenated alkanes) is 1. The molecule has 5 heteroatoms. The number of nitrogens with two attached hydrogens (primary N) is 2. The molecule has 0 saturated carbocycles. The summed E-state index contributed by atoms with van der Waals surface area (Å²) in [6.45, 7) is 0.535. The van der Waals surface area contributed by atoms with Gasteiger partial charge in [0.05, 0.1) is 0 Å². The zero-order chi connectivity index (χ0) is 12.1. The largest absolute Gasteiger partial charge is 0.330 e. The summed E-state index contributed by atoms with van der Waals surface area (Å²) in [6, 6.07) is 1.44. The minimum absolute atomic E-state index is 0.0101. The van der Waals surface area contributed by atoms with Crippen molar-refractivity contribution >= 4 is 0 Å². The summed E-state index contributed by atoms with van der Waals surface area (Å²) in [5.74, 6) is -3.86. The number of benzene rings is 1. The number of hydrogen-bond acceptors (Lipinski definition) is 2. The monoisotopic (exact) mass is 232 g/mol. The van der Waals surface area contributed by atoms with Crippen LogP contribution in [-0.2, 0) is 0 Å². The van der Waals surface area contributed by atoms with Gasteiger partial charge in [0.2, 0.25) is 0 Å². The highest BCUT2D eigenvalue weighted by molar-refractivity contribution is 5.23. The molecule has 0 aliphatic heterocycles. The minimum Gasteiger partial charge on any atom is -0.330 e. The molecule has 1 aromatic carbocycles. The van der Waals surface area contributed by atoms with E-state index in [0.29, 0.717) is 13.0 Å². The third kappa shape index (κ3) is 2.96. The van der Waals surface area contributed by atoms with E-state index in [-0.39, 0.29) is 5.56 Å². The summed E-state index contributed by atoms with van der Waals surface area (Å²) in [6.07, 6.45) is 2.01. The van der Waals surface area contributed by atoms with Crippen molar-refractivity contribution in [1.29, 1.82) is 0 Å². The zero-order valence-corrected chi connectivity index (χ0v) is 8.85. The molecular weight excluding hydrogens is 217 g/mol. The van der Waals surface area contributed by atoms with Crippen molar-refractivity contribution in [1.82, 2.24) is 0 Å². The van der Waals surface area contributed by atoms with Gasteiger partial charge in [0.1, 0.15) is 0 Å². The summed E-state index contributed by atoms with van der Waals surface area (Å²) in [4.78, 5) is 0. The highest BCUT2D eigenvalue weighted by Gasteiger charge is 2.17. The van der Waals surface area contributed by atoms with Crippen LogP contribution in [0.2, 0.25) is 0 Å². The second-order valence-electron chi connectivity index (χ2n) is 3.66. The molecule has 0 aliphatic rings. The molecule has 0 fully saturated rings. The smallest absolute Gasteiger partial charge is 0.194 e. The van der Waals surface area contributed by atoms with Crippen LogP contribution in [0.25, 0.3) is 0 Å². The van der Waals surface area contributed by atoms with E-state index in [9.17, 15) is 13.2 Å². The van der Waals surface area contributed by atoms with Crippen LogP contribution in [0.3, 0.4) is 0 Å². The van der Waals surface area contributed by atoms with Crippen LogP contribution in [0.15, 0.2) is 12.1 Å². The van der Waals surface area contributed by atoms with Crippen LogP contribution >= 0.6 is 0 Å². The fraction of sp³-hybridized carbons (Fsp3) is 0.455. The maximum absolute atomic E-state index is 13.3. The predicted octanol–water partition coefficient (Wildman–Crippen LogP) is 2.23. The van der Waals surface area contributed by atoms with Crippen molar-refractivity contribution in [3.05, 3.63) is 35.1 Å².